The molecule has 2 aromatic carbocycles. The van der Waals surface area contributed by atoms with Gasteiger partial charge in [-0.1, -0.05) is 42.5 Å². The van der Waals surface area contributed by atoms with Gasteiger partial charge in [0.1, 0.15) is 5.75 Å². The van der Waals surface area contributed by atoms with Crippen LogP contribution in [0.1, 0.15) is 24.0 Å². The van der Waals surface area contributed by atoms with E-state index in [1.807, 2.05) is 30.3 Å². The van der Waals surface area contributed by atoms with E-state index in [0.29, 0.717) is 25.3 Å². The van der Waals surface area contributed by atoms with Gasteiger partial charge in [-0.25, -0.2) is 8.42 Å². The van der Waals surface area contributed by atoms with Crippen LogP contribution in [-0.2, 0) is 22.8 Å². The number of nitrogens with one attached hydrogen (secondary N) is 1. The van der Waals surface area contributed by atoms with Gasteiger partial charge in [-0.15, -0.1) is 0 Å². The second-order valence-corrected chi connectivity index (χ2v) is 8.79. The Morgan fingerprint density at radius 2 is 1.84 bits per heavy atom. The van der Waals surface area contributed by atoms with Gasteiger partial charge in [0.25, 0.3) is 0 Å². The predicted molar refractivity (Wildman–Crippen MR) is 101 cm³/mol. The molecule has 3 rings (SSSR count). The third-order valence-corrected chi connectivity index (χ3v) is 6.22. The molecule has 0 spiro atoms. The number of aryl methyl sites for hydroxylation is 1. The number of rotatable bonds is 8. The average Bonchev–Trinajstić information content (AvgIpc) is 2.97. The van der Waals surface area contributed by atoms with Crippen molar-refractivity contribution < 1.29 is 13.2 Å². The van der Waals surface area contributed by atoms with Crippen molar-refractivity contribution in [2.24, 2.45) is 0 Å². The Morgan fingerprint density at radius 1 is 1.04 bits per heavy atom. The molecule has 0 radical (unpaired) electrons. The van der Waals surface area contributed by atoms with Crippen LogP contribution in [0.15, 0.2) is 54.6 Å². The lowest BCUT2D eigenvalue weighted by molar-refractivity contribution is 0.310. The zero-order chi connectivity index (χ0) is 17.5. The molecular formula is C20H25NO3S. The molecule has 1 fully saturated rings. The Labute approximate surface area is 150 Å². The molecule has 0 saturated carbocycles. The quantitative estimate of drug-likeness (QED) is 0.736. The molecule has 1 aliphatic heterocycles. The zero-order valence-corrected chi connectivity index (χ0v) is 15.2. The summed E-state index contributed by atoms with van der Waals surface area (Å²) < 4.78 is 28.8. The van der Waals surface area contributed by atoms with Crippen molar-refractivity contribution in [2.75, 3.05) is 18.1 Å². The Hall–Kier alpha value is -1.85. The van der Waals surface area contributed by atoms with Crippen LogP contribution in [0.2, 0.25) is 0 Å². The SMILES string of the molecule is O=S1(=O)CCC(NCc2cccc(OCCCc3ccccc3)c2)C1. The van der Waals surface area contributed by atoms with Gasteiger partial charge < -0.3 is 10.1 Å². The maximum Gasteiger partial charge on any atom is 0.151 e. The summed E-state index contributed by atoms with van der Waals surface area (Å²) in [5.41, 5.74) is 2.44. The molecule has 0 aliphatic carbocycles. The fourth-order valence-corrected chi connectivity index (χ4v) is 4.78. The van der Waals surface area contributed by atoms with Crippen LogP contribution in [0.5, 0.6) is 5.75 Å². The third kappa shape index (κ3) is 5.87. The fourth-order valence-electron chi connectivity index (χ4n) is 3.07. The molecule has 1 saturated heterocycles. The first kappa shape index (κ1) is 18.0. The average molecular weight is 359 g/mol. The van der Waals surface area contributed by atoms with E-state index in [9.17, 15) is 8.42 Å². The molecule has 0 aromatic heterocycles. The summed E-state index contributed by atoms with van der Waals surface area (Å²) in [5.74, 6) is 1.42. The molecule has 25 heavy (non-hydrogen) atoms. The lowest BCUT2D eigenvalue weighted by Gasteiger charge is -2.12. The Balaban J connectivity index is 1.42. The van der Waals surface area contributed by atoms with Crippen LogP contribution in [0.25, 0.3) is 0 Å². The summed E-state index contributed by atoms with van der Waals surface area (Å²) in [6.07, 6.45) is 2.70. The van der Waals surface area contributed by atoms with Gasteiger partial charge in [0, 0.05) is 12.6 Å². The summed E-state index contributed by atoms with van der Waals surface area (Å²) in [6, 6.07) is 18.5. The maximum atomic E-state index is 11.5. The van der Waals surface area contributed by atoms with E-state index in [1.54, 1.807) is 0 Å². The summed E-state index contributed by atoms with van der Waals surface area (Å²) in [5, 5.41) is 3.33. The Morgan fingerprint density at radius 3 is 2.60 bits per heavy atom. The van der Waals surface area contributed by atoms with Gasteiger partial charge >= 0.3 is 0 Å². The van der Waals surface area contributed by atoms with Crippen molar-refractivity contribution in [2.45, 2.75) is 31.8 Å². The van der Waals surface area contributed by atoms with Crippen LogP contribution in [-0.4, -0.2) is 32.6 Å². The van der Waals surface area contributed by atoms with Gasteiger partial charge in [-0.2, -0.15) is 0 Å². The number of sulfone groups is 1. The summed E-state index contributed by atoms with van der Waals surface area (Å²) in [7, 11) is -2.83. The molecule has 1 aliphatic rings. The van der Waals surface area contributed by atoms with Crippen molar-refractivity contribution in [3.63, 3.8) is 0 Å². The fraction of sp³-hybridized carbons (Fsp3) is 0.400. The largest absolute Gasteiger partial charge is 0.494 e. The first-order valence-electron chi connectivity index (χ1n) is 8.80. The molecule has 0 bridgehead atoms. The maximum absolute atomic E-state index is 11.5. The second-order valence-electron chi connectivity index (χ2n) is 6.57. The van der Waals surface area contributed by atoms with E-state index in [-0.39, 0.29) is 11.8 Å². The summed E-state index contributed by atoms with van der Waals surface area (Å²) in [6.45, 7) is 1.36. The molecule has 1 N–H and O–H groups in total. The van der Waals surface area contributed by atoms with E-state index in [1.165, 1.54) is 5.56 Å². The predicted octanol–water partition coefficient (Wildman–Crippen LogP) is 2.97. The smallest absolute Gasteiger partial charge is 0.151 e. The molecule has 2 aromatic rings. The molecular weight excluding hydrogens is 334 g/mol. The van der Waals surface area contributed by atoms with Gasteiger partial charge in [-0.3, -0.25) is 0 Å². The zero-order valence-electron chi connectivity index (χ0n) is 14.4. The monoisotopic (exact) mass is 359 g/mol. The number of hydrogen-bond donors (Lipinski definition) is 1. The lowest BCUT2D eigenvalue weighted by Crippen LogP contribution is -2.29. The van der Waals surface area contributed by atoms with Crippen molar-refractivity contribution in [3.8, 4) is 5.75 Å². The number of ether oxygens (including phenoxy) is 1. The molecule has 1 atom stereocenters. The molecule has 0 amide bonds. The van der Waals surface area contributed by atoms with Crippen molar-refractivity contribution in [1.29, 1.82) is 0 Å². The van der Waals surface area contributed by atoms with Crippen molar-refractivity contribution >= 4 is 9.84 Å². The Bertz CT molecular complexity index is 775. The van der Waals surface area contributed by atoms with E-state index in [4.69, 9.17) is 4.74 Å². The third-order valence-electron chi connectivity index (χ3n) is 4.45. The second kappa shape index (κ2) is 8.50. The minimum absolute atomic E-state index is 0.0699. The highest BCUT2D eigenvalue weighted by atomic mass is 32.2. The molecule has 5 heteroatoms. The van der Waals surface area contributed by atoms with Crippen molar-refractivity contribution in [3.05, 3.63) is 65.7 Å². The normalized spacial score (nSPS) is 19.0. The van der Waals surface area contributed by atoms with Crippen LogP contribution in [0.4, 0.5) is 0 Å². The Kier molecular flexibility index (Phi) is 6.10. The van der Waals surface area contributed by atoms with Gasteiger partial charge in [-0.05, 0) is 42.5 Å². The van der Waals surface area contributed by atoms with E-state index < -0.39 is 9.84 Å². The van der Waals surface area contributed by atoms with Crippen LogP contribution < -0.4 is 10.1 Å². The highest BCUT2D eigenvalue weighted by Gasteiger charge is 2.27. The van der Waals surface area contributed by atoms with E-state index in [2.05, 4.69) is 29.6 Å². The van der Waals surface area contributed by atoms with E-state index in [0.717, 1.165) is 24.2 Å². The van der Waals surface area contributed by atoms with E-state index >= 15 is 0 Å². The summed E-state index contributed by atoms with van der Waals surface area (Å²) >= 11 is 0. The summed E-state index contributed by atoms with van der Waals surface area (Å²) in [4.78, 5) is 0. The van der Waals surface area contributed by atoms with Gasteiger partial charge in [0.05, 0.1) is 18.1 Å². The first-order valence-corrected chi connectivity index (χ1v) is 10.6. The molecule has 4 nitrogen and oxygen atoms in total. The standard InChI is InChI=1S/C20H25NO3S/c22-25(23)13-11-19(16-25)21-15-18-8-4-10-20(14-18)24-12-5-9-17-6-2-1-3-7-17/h1-4,6-8,10,14,19,21H,5,9,11-13,15-16H2. The highest BCUT2D eigenvalue weighted by molar-refractivity contribution is 7.91. The van der Waals surface area contributed by atoms with Crippen LogP contribution in [0, 0.1) is 0 Å². The first-order chi connectivity index (χ1) is 12.1. The van der Waals surface area contributed by atoms with Crippen molar-refractivity contribution in [1.82, 2.24) is 5.32 Å². The lowest BCUT2D eigenvalue weighted by atomic mass is 10.1. The minimum atomic E-state index is -2.83. The topological polar surface area (TPSA) is 55.4 Å². The molecule has 134 valence electrons. The number of benzene rings is 2. The van der Waals surface area contributed by atoms with Crippen LogP contribution >= 0.6 is 0 Å². The number of hydrogen-bond acceptors (Lipinski definition) is 4. The molecule has 1 heterocycles. The highest BCUT2D eigenvalue weighted by Crippen LogP contribution is 2.16. The van der Waals surface area contributed by atoms with Crippen LogP contribution in [0.3, 0.4) is 0 Å². The minimum Gasteiger partial charge on any atom is -0.494 e. The van der Waals surface area contributed by atoms with Gasteiger partial charge in [0.15, 0.2) is 9.84 Å². The van der Waals surface area contributed by atoms with Gasteiger partial charge in [0.2, 0.25) is 0 Å². The molecule has 1 unspecified atom stereocenters.